The maximum absolute atomic E-state index is 13.7. The summed E-state index contributed by atoms with van der Waals surface area (Å²) in [5, 5.41) is 2.75. The van der Waals surface area contributed by atoms with Crippen molar-refractivity contribution in [3.63, 3.8) is 0 Å². The van der Waals surface area contributed by atoms with Crippen LogP contribution in [0.3, 0.4) is 0 Å². The minimum Gasteiger partial charge on any atom is -0.436 e. The van der Waals surface area contributed by atoms with Crippen LogP contribution in [-0.4, -0.2) is 30.8 Å². The minimum absolute atomic E-state index is 0.0509. The van der Waals surface area contributed by atoms with Gasteiger partial charge in [-0.3, -0.25) is 4.79 Å². The number of amides is 1. The second kappa shape index (κ2) is 7.82. The summed E-state index contributed by atoms with van der Waals surface area (Å²) >= 11 is 0. The van der Waals surface area contributed by atoms with E-state index in [0.29, 0.717) is 12.0 Å². The summed E-state index contributed by atoms with van der Waals surface area (Å²) in [6.45, 7) is 0.163. The summed E-state index contributed by atoms with van der Waals surface area (Å²) in [5.41, 5.74) is 0.600. The SMILES string of the molecule is O=C(C[C@@H]1CCS(=O)(=O)C1)NCc1cccnc1Oc1ccccc1F. The lowest BCUT2D eigenvalue weighted by Crippen LogP contribution is -2.25. The van der Waals surface area contributed by atoms with E-state index in [9.17, 15) is 17.6 Å². The summed E-state index contributed by atoms with van der Waals surface area (Å²) in [4.78, 5) is 16.2. The third kappa shape index (κ3) is 4.78. The molecule has 1 aromatic carbocycles. The zero-order chi connectivity index (χ0) is 18.6. The zero-order valence-corrected chi connectivity index (χ0v) is 14.8. The third-order valence-electron chi connectivity index (χ3n) is 4.17. The van der Waals surface area contributed by atoms with Crippen LogP contribution in [0.1, 0.15) is 18.4 Å². The van der Waals surface area contributed by atoms with Gasteiger partial charge in [-0.15, -0.1) is 0 Å². The van der Waals surface area contributed by atoms with Crippen LogP contribution in [-0.2, 0) is 21.2 Å². The van der Waals surface area contributed by atoms with E-state index in [1.165, 1.54) is 18.3 Å². The van der Waals surface area contributed by atoms with E-state index < -0.39 is 15.7 Å². The average Bonchev–Trinajstić information content (AvgIpc) is 2.94. The number of ether oxygens (including phenoxy) is 1. The predicted molar refractivity (Wildman–Crippen MR) is 93.9 cm³/mol. The Kier molecular flexibility index (Phi) is 5.51. The molecule has 3 rings (SSSR count). The molecule has 0 unspecified atom stereocenters. The molecule has 1 N–H and O–H groups in total. The largest absolute Gasteiger partial charge is 0.436 e. The number of sulfone groups is 1. The molecule has 8 heteroatoms. The lowest BCUT2D eigenvalue weighted by atomic mass is 10.1. The number of halogens is 1. The second-order valence-electron chi connectivity index (χ2n) is 6.25. The van der Waals surface area contributed by atoms with Gasteiger partial charge in [0.25, 0.3) is 0 Å². The van der Waals surface area contributed by atoms with Crippen molar-refractivity contribution in [2.75, 3.05) is 11.5 Å². The van der Waals surface area contributed by atoms with Gasteiger partial charge in [0.15, 0.2) is 21.4 Å². The Bertz CT molecular complexity index is 902. The lowest BCUT2D eigenvalue weighted by molar-refractivity contribution is -0.122. The van der Waals surface area contributed by atoms with Gasteiger partial charge in [-0.25, -0.2) is 17.8 Å². The van der Waals surface area contributed by atoms with E-state index in [1.54, 1.807) is 24.3 Å². The number of pyridine rings is 1. The first-order valence-corrected chi connectivity index (χ1v) is 10.1. The van der Waals surface area contributed by atoms with Crippen LogP contribution in [0, 0.1) is 11.7 Å². The molecule has 26 heavy (non-hydrogen) atoms. The van der Waals surface area contributed by atoms with Gasteiger partial charge in [0.1, 0.15) is 0 Å². The van der Waals surface area contributed by atoms with Gasteiger partial charge >= 0.3 is 0 Å². The van der Waals surface area contributed by atoms with Gasteiger partial charge in [-0.05, 0) is 30.5 Å². The van der Waals surface area contributed by atoms with Crippen LogP contribution in [0.5, 0.6) is 11.6 Å². The summed E-state index contributed by atoms with van der Waals surface area (Å²) in [7, 11) is -3.00. The van der Waals surface area contributed by atoms with Crippen LogP contribution in [0.4, 0.5) is 4.39 Å². The van der Waals surface area contributed by atoms with E-state index in [0.717, 1.165) is 0 Å². The van der Waals surface area contributed by atoms with Crippen molar-refractivity contribution >= 4 is 15.7 Å². The molecule has 1 aromatic heterocycles. The third-order valence-corrected chi connectivity index (χ3v) is 6.01. The van der Waals surface area contributed by atoms with Crippen LogP contribution in [0.2, 0.25) is 0 Å². The van der Waals surface area contributed by atoms with Gasteiger partial charge < -0.3 is 10.1 Å². The molecule has 0 bridgehead atoms. The number of nitrogens with one attached hydrogen (secondary N) is 1. The number of carbonyl (C=O) groups excluding carboxylic acids is 1. The Morgan fingerprint density at radius 2 is 2.08 bits per heavy atom. The Labute approximate surface area is 151 Å². The van der Waals surface area contributed by atoms with E-state index in [2.05, 4.69) is 10.3 Å². The Morgan fingerprint density at radius 1 is 1.27 bits per heavy atom. The number of aromatic nitrogens is 1. The number of hydrogen-bond acceptors (Lipinski definition) is 5. The van der Waals surface area contributed by atoms with Crippen molar-refractivity contribution in [2.45, 2.75) is 19.4 Å². The summed E-state index contributed by atoms with van der Waals surface area (Å²) in [6.07, 6.45) is 2.21. The standard InChI is InChI=1S/C18H19FN2O4S/c19-15-5-1-2-6-16(15)25-18-14(4-3-8-20-18)11-21-17(22)10-13-7-9-26(23,24)12-13/h1-6,8,13H,7,9-12H2,(H,21,22)/t13-/m0/s1. The Balaban J connectivity index is 1.60. The molecular formula is C18H19FN2O4S. The smallest absolute Gasteiger partial charge is 0.224 e. The van der Waals surface area contributed by atoms with Gasteiger partial charge in [-0.2, -0.15) is 0 Å². The molecule has 2 heterocycles. The minimum atomic E-state index is -3.00. The molecule has 6 nitrogen and oxygen atoms in total. The fourth-order valence-corrected chi connectivity index (χ4v) is 4.71. The first kappa shape index (κ1) is 18.3. The lowest BCUT2D eigenvalue weighted by Gasteiger charge is -2.12. The van der Waals surface area contributed by atoms with Gasteiger partial charge in [-0.1, -0.05) is 18.2 Å². The summed E-state index contributed by atoms with van der Waals surface area (Å²) in [6, 6.07) is 9.41. The van der Waals surface area contributed by atoms with Crippen LogP contribution < -0.4 is 10.1 Å². The highest BCUT2D eigenvalue weighted by atomic mass is 32.2. The number of hydrogen-bond donors (Lipinski definition) is 1. The monoisotopic (exact) mass is 378 g/mol. The number of nitrogens with zero attached hydrogens (tertiary/aromatic N) is 1. The molecule has 2 aromatic rings. The van der Waals surface area contributed by atoms with Gasteiger partial charge in [0.05, 0.1) is 11.5 Å². The summed E-state index contributed by atoms with van der Waals surface area (Å²) in [5.74, 6) is -0.397. The highest BCUT2D eigenvalue weighted by molar-refractivity contribution is 7.91. The van der Waals surface area contributed by atoms with Crippen molar-refractivity contribution < 1.29 is 22.3 Å². The molecule has 1 saturated heterocycles. The van der Waals surface area contributed by atoms with Gasteiger partial charge in [0.2, 0.25) is 11.8 Å². The maximum Gasteiger partial charge on any atom is 0.224 e. The molecule has 1 aliphatic heterocycles. The quantitative estimate of drug-likeness (QED) is 0.835. The normalized spacial score (nSPS) is 18.4. The fourth-order valence-electron chi connectivity index (χ4n) is 2.84. The van der Waals surface area contributed by atoms with Crippen molar-refractivity contribution in [1.82, 2.24) is 10.3 Å². The van der Waals surface area contributed by atoms with Crippen molar-refractivity contribution in [1.29, 1.82) is 0 Å². The average molecular weight is 378 g/mol. The highest BCUT2D eigenvalue weighted by Crippen LogP contribution is 2.25. The topological polar surface area (TPSA) is 85.4 Å². The van der Waals surface area contributed by atoms with Crippen LogP contribution in [0.25, 0.3) is 0 Å². The number of para-hydroxylation sites is 1. The molecule has 0 spiro atoms. The zero-order valence-electron chi connectivity index (χ0n) is 14.0. The van der Waals surface area contributed by atoms with Crippen LogP contribution in [0.15, 0.2) is 42.6 Å². The molecule has 1 aliphatic rings. The molecular weight excluding hydrogens is 359 g/mol. The molecule has 138 valence electrons. The van der Waals surface area contributed by atoms with Crippen molar-refractivity contribution in [2.24, 2.45) is 5.92 Å². The molecule has 0 aliphatic carbocycles. The Morgan fingerprint density at radius 3 is 2.81 bits per heavy atom. The first-order chi connectivity index (χ1) is 12.4. The van der Waals surface area contributed by atoms with E-state index in [-0.39, 0.29) is 47.9 Å². The van der Waals surface area contributed by atoms with E-state index >= 15 is 0 Å². The first-order valence-electron chi connectivity index (χ1n) is 8.26. The molecule has 1 atom stereocenters. The van der Waals surface area contributed by atoms with Crippen molar-refractivity contribution in [3.8, 4) is 11.6 Å². The van der Waals surface area contributed by atoms with E-state index in [4.69, 9.17) is 4.74 Å². The summed E-state index contributed by atoms with van der Waals surface area (Å²) < 4.78 is 42.2. The van der Waals surface area contributed by atoms with Crippen molar-refractivity contribution in [3.05, 3.63) is 54.0 Å². The Hall–Kier alpha value is -2.48. The van der Waals surface area contributed by atoms with Gasteiger partial charge in [0, 0.05) is 24.7 Å². The number of rotatable bonds is 6. The fraction of sp³-hybridized carbons (Fsp3) is 0.333. The molecule has 1 fully saturated rings. The number of benzene rings is 1. The predicted octanol–water partition coefficient (Wildman–Crippen LogP) is 2.45. The molecule has 0 radical (unpaired) electrons. The molecule has 1 amide bonds. The molecule has 0 saturated carbocycles. The highest BCUT2D eigenvalue weighted by Gasteiger charge is 2.29. The van der Waals surface area contributed by atoms with Crippen LogP contribution >= 0.6 is 0 Å². The number of carbonyl (C=O) groups is 1. The van der Waals surface area contributed by atoms with E-state index in [1.807, 2.05) is 0 Å². The maximum atomic E-state index is 13.7. The second-order valence-corrected chi connectivity index (χ2v) is 8.48.